The molecule has 0 saturated heterocycles. The van der Waals surface area contributed by atoms with Crippen LogP contribution in [0.15, 0.2) is 30.3 Å². The van der Waals surface area contributed by atoms with Crippen LogP contribution in [0.5, 0.6) is 0 Å². The molecule has 3 N–H and O–H groups in total. The zero-order valence-corrected chi connectivity index (χ0v) is 9.35. The third-order valence-corrected chi connectivity index (χ3v) is 2.90. The SMILES string of the molecule is C[C@@H]([C@H](O)c1ccccc1)[NH+](C)CCO. The van der Waals surface area contributed by atoms with Gasteiger partial charge in [-0.25, -0.2) is 0 Å². The fourth-order valence-electron chi connectivity index (χ4n) is 1.61. The number of aliphatic hydroxyl groups is 2. The van der Waals surface area contributed by atoms with Crippen molar-refractivity contribution in [2.45, 2.75) is 19.1 Å². The maximum Gasteiger partial charge on any atom is 0.130 e. The van der Waals surface area contributed by atoms with Crippen molar-refractivity contribution in [1.29, 1.82) is 0 Å². The van der Waals surface area contributed by atoms with E-state index >= 15 is 0 Å². The molecule has 3 nitrogen and oxygen atoms in total. The van der Waals surface area contributed by atoms with Crippen LogP contribution < -0.4 is 4.90 Å². The molecule has 84 valence electrons. The highest BCUT2D eigenvalue weighted by Gasteiger charge is 2.22. The number of nitrogens with one attached hydrogen (secondary N) is 1. The Morgan fingerprint density at radius 3 is 2.40 bits per heavy atom. The van der Waals surface area contributed by atoms with E-state index in [9.17, 15) is 5.11 Å². The largest absolute Gasteiger partial charge is 0.391 e. The van der Waals surface area contributed by atoms with Gasteiger partial charge in [-0.1, -0.05) is 30.3 Å². The van der Waals surface area contributed by atoms with Crippen molar-refractivity contribution >= 4 is 0 Å². The second-order valence-electron chi connectivity index (χ2n) is 3.96. The molecule has 0 amide bonds. The molecule has 0 aromatic heterocycles. The minimum absolute atomic E-state index is 0.0829. The number of likely N-dealkylation sites (N-methyl/N-ethyl adjacent to an activating group) is 1. The van der Waals surface area contributed by atoms with E-state index in [4.69, 9.17) is 5.11 Å². The van der Waals surface area contributed by atoms with Gasteiger partial charge < -0.3 is 15.1 Å². The van der Waals surface area contributed by atoms with Gasteiger partial charge in [0.2, 0.25) is 0 Å². The average molecular weight is 210 g/mol. The van der Waals surface area contributed by atoms with E-state index in [0.29, 0.717) is 6.54 Å². The summed E-state index contributed by atoms with van der Waals surface area (Å²) in [5.74, 6) is 0. The van der Waals surface area contributed by atoms with Crippen molar-refractivity contribution in [3.05, 3.63) is 35.9 Å². The van der Waals surface area contributed by atoms with Crippen molar-refractivity contribution < 1.29 is 15.1 Å². The standard InChI is InChI=1S/C12H19NO2/c1-10(13(2)8-9-14)12(15)11-6-4-3-5-7-11/h3-7,10,12,14-15H,8-9H2,1-2H3/p+1/t10-,12-/m0/s1. The van der Waals surface area contributed by atoms with Gasteiger partial charge in [0.05, 0.1) is 13.7 Å². The van der Waals surface area contributed by atoms with Gasteiger partial charge in [0.25, 0.3) is 0 Å². The third-order valence-electron chi connectivity index (χ3n) is 2.90. The molecule has 0 spiro atoms. The van der Waals surface area contributed by atoms with Crippen molar-refractivity contribution in [2.24, 2.45) is 0 Å². The first kappa shape index (κ1) is 12.2. The molecule has 1 aromatic carbocycles. The number of quaternary nitrogens is 1. The molecular formula is C12H20NO2+. The maximum absolute atomic E-state index is 10.1. The molecule has 0 bridgehead atoms. The van der Waals surface area contributed by atoms with E-state index in [-0.39, 0.29) is 12.6 Å². The molecule has 1 aromatic rings. The summed E-state index contributed by atoms with van der Waals surface area (Å²) in [5, 5.41) is 18.9. The number of rotatable bonds is 5. The van der Waals surface area contributed by atoms with E-state index in [0.717, 1.165) is 10.5 Å². The fraction of sp³-hybridized carbons (Fsp3) is 0.500. The molecule has 15 heavy (non-hydrogen) atoms. The van der Waals surface area contributed by atoms with E-state index < -0.39 is 6.10 Å². The monoisotopic (exact) mass is 210 g/mol. The summed E-state index contributed by atoms with van der Waals surface area (Å²) >= 11 is 0. The summed E-state index contributed by atoms with van der Waals surface area (Å²) < 4.78 is 0. The molecular weight excluding hydrogens is 190 g/mol. The minimum Gasteiger partial charge on any atom is -0.391 e. The molecule has 0 aliphatic heterocycles. The van der Waals surface area contributed by atoms with Crippen molar-refractivity contribution in [1.82, 2.24) is 0 Å². The van der Waals surface area contributed by atoms with Crippen LogP contribution in [0.4, 0.5) is 0 Å². The molecule has 1 rings (SSSR count). The summed E-state index contributed by atoms with van der Waals surface area (Å²) in [6.45, 7) is 2.80. The zero-order chi connectivity index (χ0) is 11.3. The van der Waals surface area contributed by atoms with E-state index in [1.165, 1.54) is 0 Å². The van der Waals surface area contributed by atoms with Crippen molar-refractivity contribution in [2.75, 3.05) is 20.2 Å². The van der Waals surface area contributed by atoms with E-state index in [2.05, 4.69) is 0 Å². The first-order chi connectivity index (χ1) is 7.16. The molecule has 1 unspecified atom stereocenters. The summed E-state index contributed by atoms with van der Waals surface area (Å²) in [5.41, 5.74) is 0.933. The summed E-state index contributed by atoms with van der Waals surface area (Å²) in [6.07, 6.45) is -0.474. The predicted octanol–water partition coefficient (Wildman–Crippen LogP) is -0.385. The molecule has 0 heterocycles. The number of benzene rings is 1. The zero-order valence-electron chi connectivity index (χ0n) is 9.35. The fourth-order valence-corrected chi connectivity index (χ4v) is 1.61. The van der Waals surface area contributed by atoms with Crippen LogP contribution in [0.25, 0.3) is 0 Å². The Labute approximate surface area is 91.0 Å². The molecule has 0 saturated carbocycles. The highest BCUT2D eigenvalue weighted by atomic mass is 16.3. The van der Waals surface area contributed by atoms with E-state index in [1.807, 2.05) is 44.3 Å². The normalized spacial score (nSPS) is 17.1. The lowest BCUT2D eigenvalue weighted by Gasteiger charge is -2.25. The Bertz CT molecular complexity index is 276. The molecule has 0 aliphatic rings. The Hall–Kier alpha value is -0.900. The van der Waals surface area contributed by atoms with Crippen LogP contribution >= 0.6 is 0 Å². The topological polar surface area (TPSA) is 44.9 Å². The molecule has 3 atom stereocenters. The highest BCUT2D eigenvalue weighted by Crippen LogP contribution is 2.13. The Morgan fingerprint density at radius 2 is 1.87 bits per heavy atom. The van der Waals surface area contributed by atoms with Gasteiger partial charge in [-0.15, -0.1) is 0 Å². The Kier molecular flexibility index (Phi) is 4.75. The Morgan fingerprint density at radius 1 is 1.27 bits per heavy atom. The van der Waals surface area contributed by atoms with Gasteiger partial charge in [-0.05, 0) is 12.5 Å². The maximum atomic E-state index is 10.1. The second kappa shape index (κ2) is 5.85. The van der Waals surface area contributed by atoms with Crippen LogP contribution in [0.2, 0.25) is 0 Å². The van der Waals surface area contributed by atoms with Crippen LogP contribution in [-0.4, -0.2) is 36.5 Å². The van der Waals surface area contributed by atoms with Gasteiger partial charge in [0.1, 0.15) is 18.7 Å². The van der Waals surface area contributed by atoms with Gasteiger partial charge in [-0.3, -0.25) is 0 Å². The molecule has 0 fully saturated rings. The molecule has 3 heteroatoms. The van der Waals surface area contributed by atoms with Gasteiger partial charge >= 0.3 is 0 Å². The van der Waals surface area contributed by atoms with Crippen molar-refractivity contribution in [3.63, 3.8) is 0 Å². The van der Waals surface area contributed by atoms with Crippen molar-refractivity contribution in [3.8, 4) is 0 Å². The van der Waals surface area contributed by atoms with Crippen LogP contribution in [-0.2, 0) is 0 Å². The number of hydrogen-bond acceptors (Lipinski definition) is 2. The highest BCUT2D eigenvalue weighted by molar-refractivity contribution is 5.17. The van der Waals surface area contributed by atoms with Crippen LogP contribution in [0.1, 0.15) is 18.6 Å². The minimum atomic E-state index is -0.474. The average Bonchev–Trinajstić information content (AvgIpc) is 2.28. The lowest BCUT2D eigenvalue weighted by atomic mass is 10.0. The lowest BCUT2D eigenvalue weighted by Crippen LogP contribution is -3.13. The summed E-state index contributed by atoms with van der Waals surface area (Å²) in [4.78, 5) is 1.13. The first-order valence-corrected chi connectivity index (χ1v) is 5.33. The number of aliphatic hydroxyl groups excluding tert-OH is 2. The summed E-state index contributed by atoms with van der Waals surface area (Å²) in [6, 6.07) is 9.71. The van der Waals surface area contributed by atoms with Crippen LogP contribution in [0.3, 0.4) is 0 Å². The van der Waals surface area contributed by atoms with Gasteiger partial charge in [0.15, 0.2) is 0 Å². The predicted molar refractivity (Wildman–Crippen MR) is 59.7 cm³/mol. The third kappa shape index (κ3) is 3.30. The van der Waals surface area contributed by atoms with Gasteiger partial charge in [-0.2, -0.15) is 0 Å². The van der Waals surface area contributed by atoms with E-state index in [1.54, 1.807) is 0 Å². The second-order valence-corrected chi connectivity index (χ2v) is 3.96. The Balaban J connectivity index is 2.64. The lowest BCUT2D eigenvalue weighted by molar-refractivity contribution is -0.908. The first-order valence-electron chi connectivity index (χ1n) is 5.33. The molecule has 0 aliphatic carbocycles. The van der Waals surface area contributed by atoms with Crippen LogP contribution in [0, 0.1) is 0 Å². The van der Waals surface area contributed by atoms with Gasteiger partial charge in [0, 0.05) is 0 Å². The molecule has 0 radical (unpaired) electrons. The summed E-state index contributed by atoms with van der Waals surface area (Å²) in [7, 11) is 1.98. The quantitative estimate of drug-likeness (QED) is 0.620. The number of hydrogen-bond donors (Lipinski definition) is 3. The smallest absolute Gasteiger partial charge is 0.130 e.